The number of imidazole rings is 1. The lowest BCUT2D eigenvalue weighted by Crippen LogP contribution is -2.09. The summed E-state index contributed by atoms with van der Waals surface area (Å²) in [6.45, 7) is 2.31. The van der Waals surface area contributed by atoms with Crippen LogP contribution in [0.1, 0.15) is 10.6 Å². The van der Waals surface area contributed by atoms with Crippen molar-refractivity contribution in [2.24, 2.45) is 5.14 Å². The molecule has 0 atom stereocenters. The Morgan fingerprint density at radius 3 is 2.64 bits per heavy atom. The summed E-state index contributed by atoms with van der Waals surface area (Å²) in [4.78, 5) is 9.81. The number of hydrogen-bond acceptors (Lipinski definition) is 7. The first kappa shape index (κ1) is 18.4. The van der Waals surface area contributed by atoms with Gasteiger partial charge in [0.2, 0.25) is 10.0 Å². The summed E-state index contributed by atoms with van der Waals surface area (Å²) in [6.07, 6.45) is 3.50. The molecule has 4 N–H and O–H groups in total. The molecule has 8 nitrogen and oxygen atoms in total. The third-order valence-electron chi connectivity index (χ3n) is 4.20. The molecule has 0 fully saturated rings. The predicted octanol–water partition coefficient (Wildman–Crippen LogP) is 2.73. The number of aryl methyl sites for hydroxylation is 1. The van der Waals surface area contributed by atoms with Gasteiger partial charge in [0.1, 0.15) is 9.96 Å². The quantitative estimate of drug-likeness (QED) is 0.461. The standard InChI is InChI=1S/C18H17N5O3S2/c1-11-16(12-2-4-13(24)5-3-12)23-9-8-20-17(18(23)22-11)21-10-14-6-7-15(27-14)28(19,25)26/h2-9,24H,10H2,1H3,(H,20,21)(H2,19,25,26). The van der Waals surface area contributed by atoms with Gasteiger partial charge in [-0.25, -0.2) is 23.5 Å². The van der Waals surface area contributed by atoms with Gasteiger partial charge in [-0.3, -0.25) is 4.40 Å². The Kier molecular flexibility index (Phi) is 4.53. The van der Waals surface area contributed by atoms with Crippen LogP contribution in [0.5, 0.6) is 5.75 Å². The van der Waals surface area contributed by atoms with Crippen LogP contribution in [0.2, 0.25) is 0 Å². The molecule has 0 aliphatic heterocycles. The van der Waals surface area contributed by atoms with E-state index in [1.54, 1.807) is 24.4 Å². The minimum atomic E-state index is -3.69. The highest BCUT2D eigenvalue weighted by molar-refractivity contribution is 7.91. The summed E-state index contributed by atoms with van der Waals surface area (Å²) in [5.41, 5.74) is 3.32. The number of thiophene rings is 1. The number of nitrogens with zero attached hydrogens (tertiary/aromatic N) is 3. The van der Waals surface area contributed by atoms with Crippen molar-refractivity contribution in [2.75, 3.05) is 5.32 Å². The normalized spacial score (nSPS) is 11.8. The molecule has 0 bridgehead atoms. The number of primary sulfonamides is 1. The van der Waals surface area contributed by atoms with Crippen LogP contribution in [0.15, 0.2) is 53.0 Å². The molecule has 28 heavy (non-hydrogen) atoms. The summed E-state index contributed by atoms with van der Waals surface area (Å²) >= 11 is 1.12. The Bertz CT molecular complexity index is 1260. The first-order chi connectivity index (χ1) is 13.3. The number of hydrogen-bond donors (Lipinski definition) is 3. The number of sulfonamides is 1. The summed E-state index contributed by atoms with van der Waals surface area (Å²) in [7, 11) is -3.69. The number of rotatable bonds is 5. The number of nitrogens with two attached hydrogens (primary N) is 1. The van der Waals surface area contributed by atoms with Gasteiger partial charge in [0.25, 0.3) is 0 Å². The van der Waals surface area contributed by atoms with E-state index in [2.05, 4.69) is 15.3 Å². The molecule has 144 valence electrons. The monoisotopic (exact) mass is 415 g/mol. The van der Waals surface area contributed by atoms with Gasteiger partial charge in [0, 0.05) is 22.8 Å². The molecule has 0 saturated carbocycles. The van der Waals surface area contributed by atoms with E-state index in [0.717, 1.165) is 33.2 Å². The largest absolute Gasteiger partial charge is 0.508 e. The van der Waals surface area contributed by atoms with Crippen LogP contribution in [0, 0.1) is 6.92 Å². The van der Waals surface area contributed by atoms with E-state index < -0.39 is 10.0 Å². The van der Waals surface area contributed by atoms with Crippen molar-refractivity contribution in [3.63, 3.8) is 0 Å². The third kappa shape index (κ3) is 3.44. The highest BCUT2D eigenvalue weighted by Gasteiger charge is 2.15. The zero-order chi connectivity index (χ0) is 19.9. The topological polar surface area (TPSA) is 123 Å². The van der Waals surface area contributed by atoms with Crippen LogP contribution in [0.4, 0.5) is 5.82 Å². The zero-order valence-electron chi connectivity index (χ0n) is 14.8. The molecule has 4 rings (SSSR count). The fraction of sp³-hybridized carbons (Fsp3) is 0.111. The van der Waals surface area contributed by atoms with E-state index >= 15 is 0 Å². The molecule has 3 heterocycles. The van der Waals surface area contributed by atoms with Crippen LogP contribution in [-0.4, -0.2) is 27.9 Å². The summed E-state index contributed by atoms with van der Waals surface area (Å²) in [5.74, 6) is 0.787. The maximum atomic E-state index is 11.4. The predicted molar refractivity (Wildman–Crippen MR) is 108 cm³/mol. The van der Waals surface area contributed by atoms with Gasteiger partial charge in [0.15, 0.2) is 11.5 Å². The summed E-state index contributed by atoms with van der Waals surface area (Å²) < 4.78 is 24.9. The molecule has 0 aliphatic carbocycles. The number of anilines is 1. The van der Waals surface area contributed by atoms with Crippen LogP contribution in [0.25, 0.3) is 16.9 Å². The van der Waals surface area contributed by atoms with Gasteiger partial charge in [-0.2, -0.15) is 0 Å². The first-order valence-corrected chi connectivity index (χ1v) is 10.7. The molecule has 0 unspecified atom stereocenters. The molecule has 0 saturated heterocycles. The van der Waals surface area contributed by atoms with E-state index in [0.29, 0.717) is 18.0 Å². The summed E-state index contributed by atoms with van der Waals surface area (Å²) in [6, 6.07) is 10.1. The Balaban J connectivity index is 1.66. The van der Waals surface area contributed by atoms with E-state index in [9.17, 15) is 13.5 Å². The van der Waals surface area contributed by atoms with Gasteiger partial charge in [-0.15, -0.1) is 11.3 Å². The number of phenols is 1. The summed E-state index contributed by atoms with van der Waals surface area (Å²) in [5, 5.41) is 17.9. The molecule has 3 aromatic heterocycles. The lowest BCUT2D eigenvalue weighted by atomic mass is 10.1. The molecule has 1 aromatic carbocycles. The number of phenolic OH excluding ortho intramolecular Hbond substituents is 1. The number of benzene rings is 1. The van der Waals surface area contributed by atoms with Crippen molar-refractivity contribution < 1.29 is 13.5 Å². The van der Waals surface area contributed by atoms with E-state index in [4.69, 9.17) is 5.14 Å². The van der Waals surface area contributed by atoms with Gasteiger partial charge >= 0.3 is 0 Å². The number of nitrogens with one attached hydrogen (secondary N) is 1. The van der Waals surface area contributed by atoms with Crippen LogP contribution in [-0.2, 0) is 16.6 Å². The average molecular weight is 416 g/mol. The maximum Gasteiger partial charge on any atom is 0.247 e. The van der Waals surface area contributed by atoms with Gasteiger partial charge in [0.05, 0.1) is 17.9 Å². The third-order valence-corrected chi connectivity index (χ3v) is 6.73. The zero-order valence-corrected chi connectivity index (χ0v) is 16.5. The van der Waals surface area contributed by atoms with Crippen molar-refractivity contribution >= 4 is 32.8 Å². The Labute approximate surface area is 165 Å². The fourth-order valence-corrected chi connectivity index (χ4v) is 4.68. The molecule has 0 radical (unpaired) electrons. The van der Waals surface area contributed by atoms with Crippen molar-refractivity contribution in [1.82, 2.24) is 14.4 Å². The van der Waals surface area contributed by atoms with Crippen LogP contribution >= 0.6 is 11.3 Å². The van der Waals surface area contributed by atoms with Crippen molar-refractivity contribution in [3.8, 4) is 17.0 Å². The van der Waals surface area contributed by atoms with Crippen LogP contribution in [0.3, 0.4) is 0 Å². The maximum absolute atomic E-state index is 11.4. The molecule has 0 aliphatic rings. The number of fused-ring (bicyclic) bond motifs is 1. The van der Waals surface area contributed by atoms with Gasteiger partial charge in [-0.1, -0.05) is 0 Å². The highest BCUT2D eigenvalue weighted by Crippen LogP contribution is 2.29. The molecule has 10 heteroatoms. The van der Waals surface area contributed by atoms with Gasteiger partial charge < -0.3 is 10.4 Å². The van der Waals surface area contributed by atoms with Gasteiger partial charge in [-0.05, 0) is 43.3 Å². The molecule has 0 amide bonds. The smallest absolute Gasteiger partial charge is 0.247 e. The van der Waals surface area contributed by atoms with Crippen LogP contribution < -0.4 is 10.5 Å². The van der Waals surface area contributed by atoms with E-state index in [1.807, 2.05) is 29.7 Å². The molecular formula is C18H17N5O3S2. The minimum Gasteiger partial charge on any atom is -0.508 e. The molecule has 4 aromatic rings. The lowest BCUT2D eigenvalue weighted by Gasteiger charge is -2.07. The lowest BCUT2D eigenvalue weighted by molar-refractivity contribution is 0.475. The van der Waals surface area contributed by atoms with Crippen molar-refractivity contribution in [2.45, 2.75) is 17.7 Å². The average Bonchev–Trinajstić information content (AvgIpc) is 3.25. The minimum absolute atomic E-state index is 0.127. The Morgan fingerprint density at radius 1 is 1.21 bits per heavy atom. The van der Waals surface area contributed by atoms with Crippen molar-refractivity contribution in [3.05, 3.63) is 59.4 Å². The first-order valence-electron chi connectivity index (χ1n) is 8.31. The van der Waals surface area contributed by atoms with E-state index in [1.165, 1.54) is 6.07 Å². The molecular weight excluding hydrogens is 398 g/mol. The second-order valence-corrected chi connectivity index (χ2v) is 9.14. The molecule has 0 spiro atoms. The van der Waals surface area contributed by atoms with Crippen molar-refractivity contribution in [1.29, 1.82) is 0 Å². The fourth-order valence-electron chi connectivity index (χ4n) is 2.96. The second kappa shape index (κ2) is 6.89. The Hall–Kier alpha value is -2.95. The number of aromatic hydroxyl groups is 1. The highest BCUT2D eigenvalue weighted by atomic mass is 32.2. The second-order valence-electron chi connectivity index (χ2n) is 6.18. The van der Waals surface area contributed by atoms with E-state index in [-0.39, 0.29) is 9.96 Å². The Morgan fingerprint density at radius 2 is 1.96 bits per heavy atom. The number of aromatic nitrogens is 3. The SMILES string of the molecule is Cc1nc2c(NCc3ccc(S(N)(=O)=O)s3)nccn2c1-c1ccc(O)cc1.